The fourth-order valence-electron chi connectivity index (χ4n) is 6.39. The van der Waals surface area contributed by atoms with Crippen LogP contribution in [0, 0.1) is 45.3 Å². The third kappa shape index (κ3) is 6.22. The minimum atomic E-state index is -5.21. The molecule has 0 saturated heterocycles. The Balaban J connectivity index is 1.69. The fourth-order valence-corrected chi connectivity index (χ4v) is 6.39. The van der Waals surface area contributed by atoms with Crippen molar-refractivity contribution in [1.82, 2.24) is 0 Å². The lowest BCUT2D eigenvalue weighted by molar-refractivity contribution is -0.144. The van der Waals surface area contributed by atoms with Crippen molar-refractivity contribution in [2.75, 3.05) is 0 Å². The van der Waals surface area contributed by atoms with Gasteiger partial charge in [0.05, 0.1) is 22.3 Å². The van der Waals surface area contributed by atoms with Gasteiger partial charge in [-0.3, -0.25) is 0 Å². The van der Waals surface area contributed by atoms with Gasteiger partial charge in [-0.1, -0.05) is 24.3 Å². The van der Waals surface area contributed by atoms with Crippen LogP contribution in [0.15, 0.2) is 83.9 Å². The Kier molecular flexibility index (Phi) is 8.51. The summed E-state index contributed by atoms with van der Waals surface area (Å²) >= 11 is 0. The molecule has 0 unspecified atom stereocenters. The zero-order chi connectivity index (χ0) is 39.7. The number of allylic oxidation sites excluding steroid dienone is 6. The highest BCUT2D eigenvalue weighted by atomic mass is 19.4. The molecule has 0 heterocycles. The number of rotatable bonds is 2. The van der Waals surface area contributed by atoms with E-state index in [0.29, 0.717) is 24.3 Å². The van der Waals surface area contributed by atoms with Crippen LogP contribution in [0.25, 0.3) is 44.5 Å². The fraction of sp³-hybridized carbons (Fsp3) is 0.105. The van der Waals surface area contributed by atoms with E-state index in [9.17, 15) is 73.7 Å². The number of hydrogen-bond donors (Lipinski definition) is 0. The SMILES string of the molecule is N#CC(C#N)=C1C2=C(C(=C(C#N)C#N)c3ccc(-c4cc(C(F)(F)F)cc(C(F)(F)F)c4)cc32)c2cc(-c3cc(C(F)(F)F)cc(C(F)(F)F)c3)ccc21. The lowest BCUT2D eigenvalue weighted by Crippen LogP contribution is -2.11. The Morgan fingerprint density at radius 2 is 0.630 bits per heavy atom. The Morgan fingerprint density at radius 1 is 0.352 bits per heavy atom. The van der Waals surface area contributed by atoms with E-state index in [4.69, 9.17) is 0 Å². The van der Waals surface area contributed by atoms with Gasteiger partial charge in [-0.2, -0.15) is 73.7 Å². The summed E-state index contributed by atoms with van der Waals surface area (Å²) in [6, 6.07) is 15.2. The first-order valence-corrected chi connectivity index (χ1v) is 14.9. The van der Waals surface area contributed by atoms with Crippen LogP contribution < -0.4 is 0 Å². The van der Waals surface area contributed by atoms with E-state index in [-0.39, 0.29) is 67.8 Å². The molecule has 4 aromatic rings. The molecule has 0 spiro atoms. The second-order valence-electron chi connectivity index (χ2n) is 11.8. The number of benzene rings is 4. The molecule has 0 N–H and O–H groups in total. The highest BCUT2D eigenvalue weighted by Crippen LogP contribution is 2.60. The lowest BCUT2D eigenvalue weighted by atomic mass is 9.86. The van der Waals surface area contributed by atoms with Crippen molar-refractivity contribution in [3.8, 4) is 46.5 Å². The average molecular weight is 753 g/mol. The summed E-state index contributed by atoms with van der Waals surface area (Å²) < 4.78 is 165. The summed E-state index contributed by atoms with van der Waals surface area (Å²) in [5, 5.41) is 39.8. The van der Waals surface area contributed by atoms with Crippen molar-refractivity contribution >= 4 is 22.3 Å². The molecule has 4 aromatic carbocycles. The van der Waals surface area contributed by atoms with Gasteiger partial charge in [0.2, 0.25) is 0 Å². The number of halogens is 12. The van der Waals surface area contributed by atoms with Gasteiger partial charge < -0.3 is 0 Å². The minimum Gasteiger partial charge on any atom is -0.192 e. The maximum Gasteiger partial charge on any atom is 0.416 e. The summed E-state index contributed by atoms with van der Waals surface area (Å²) in [5.74, 6) is 0. The zero-order valence-electron chi connectivity index (χ0n) is 26.3. The van der Waals surface area contributed by atoms with E-state index in [1.807, 2.05) is 0 Å². The van der Waals surface area contributed by atoms with Crippen LogP contribution in [0.1, 0.15) is 44.5 Å². The Bertz CT molecular complexity index is 2310. The lowest BCUT2D eigenvalue weighted by Gasteiger charge is -2.17. The van der Waals surface area contributed by atoms with E-state index in [1.165, 1.54) is 12.1 Å². The van der Waals surface area contributed by atoms with Crippen molar-refractivity contribution in [3.63, 3.8) is 0 Å². The number of nitrogens with zero attached hydrogens (tertiary/aromatic N) is 4. The predicted octanol–water partition coefficient (Wildman–Crippen LogP) is 11.6. The Labute approximate surface area is 295 Å². The molecule has 268 valence electrons. The van der Waals surface area contributed by atoms with Crippen LogP contribution in [0.3, 0.4) is 0 Å². The summed E-state index contributed by atoms with van der Waals surface area (Å²) in [7, 11) is 0. The van der Waals surface area contributed by atoms with Crippen LogP contribution in [0.5, 0.6) is 0 Å². The average Bonchev–Trinajstić information content (AvgIpc) is 3.60. The standard InChI is InChI=1S/C38H12F12N4/c39-35(40,41)23-5-19(6-24(11-23)36(42,43)44)17-1-3-27-29(9-17)33-32(22(15-53)16-54)28-4-2-18(10-30(28)34(33)31(27)21(13-51)14-52)20-7-25(37(45,46)47)12-26(8-20)38(48,49)50/h1-12H. The smallest absolute Gasteiger partial charge is 0.192 e. The predicted molar refractivity (Wildman–Crippen MR) is 167 cm³/mol. The number of alkyl halides is 12. The van der Waals surface area contributed by atoms with Gasteiger partial charge in [0, 0.05) is 22.3 Å². The molecular formula is C38H12F12N4. The first kappa shape index (κ1) is 37.0. The van der Waals surface area contributed by atoms with Crippen LogP contribution >= 0.6 is 0 Å². The van der Waals surface area contributed by atoms with Crippen molar-refractivity contribution in [2.45, 2.75) is 24.7 Å². The highest BCUT2D eigenvalue weighted by molar-refractivity contribution is 6.38. The number of hydrogen-bond acceptors (Lipinski definition) is 4. The third-order valence-corrected chi connectivity index (χ3v) is 8.66. The molecule has 2 aliphatic rings. The van der Waals surface area contributed by atoms with E-state index in [0.717, 1.165) is 24.3 Å². The molecule has 6 rings (SSSR count). The van der Waals surface area contributed by atoms with Crippen molar-refractivity contribution < 1.29 is 52.7 Å². The Morgan fingerprint density at radius 3 is 0.870 bits per heavy atom. The molecular weight excluding hydrogens is 740 g/mol. The van der Waals surface area contributed by atoms with Crippen LogP contribution in [-0.4, -0.2) is 0 Å². The molecule has 4 nitrogen and oxygen atoms in total. The van der Waals surface area contributed by atoms with Crippen LogP contribution in [0.4, 0.5) is 52.7 Å². The van der Waals surface area contributed by atoms with Gasteiger partial charge in [-0.05, 0) is 93.0 Å². The monoisotopic (exact) mass is 752 g/mol. The van der Waals surface area contributed by atoms with Gasteiger partial charge in [-0.15, -0.1) is 0 Å². The van der Waals surface area contributed by atoms with E-state index >= 15 is 0 Å². The molecule has 0 fully saturated rings. The molecule has 0 aromatic heterocycles. The topological polar surface area (TPSA) is 95.2 Å². The maximum atomic E-state index is 13.7. The van der Waals surface area contributed by atoms with Crippen LogP contribution in [-0.2, 0) is 24.7 Å². The minimum absolute atomic E-state index is 0.00656. The Hall–Kier alpha value is -6.78. The van der Waals surface area contributed by atoms with Gasteiger partial charge in [0.15, 0.2) is 0 Å². The summed E-state index contributed by atoms with van der Waals surface area (Å²) in [6.07, 6.45) is -20.8. The molecule has 0 amide bonds. The highest BCUT2D eigenvalue weighted by Gasteiger charge is 2.42. The molecule has 16 heteroatoms. The quantitative estimate of drug-likeness (QED) is 0.150. The maximum absolute atomic E-state index is 13.7. The summed E-state index contributed by atoms with van der Waals surface area (Å²) in [4.78, 5) is 0. The summed E-state index contributed by atoms with van der Waals surface area (Å²) in [6.45, 7) is 0. The van der Waals surface area contributed by atoms with Gasteiger partial charge in [0.1, 0.15) is 35.4 Å². The molecule has 0 bridgehead atoms. The van der Waals surface area contributed by atoms with Crippen molar-refractivity contribution in [1.29, 1.82) is 21.0 Å². The normalized spacial score (nSPS) is 13.7. The number of nitriles is 4. The van der Waals surface area contributed by atoms with Gasteiger partial charge in [0.25, 0.3) is 0 Å². The van der Waals surface area contributed by atoms with Crippen LogP contribution in [0.2, 0.25) is 0 Å². The molecule has 0 atom stereocenters. The van der Waals surface area contributed by atoms with Crippen molar-refractivity contribution in [3.05, 3.63) is 128 Å². The van der Waals surface area contributed by atoms with Gasteiger partial charge in [-0.25, -0.2) is 0 Å². The second-order valence-corrected chi connectivity index (χ2v) is 11.8. The van der Waals surface area contributed by atoms with E-state index in [2.05, 4.69) is 0 Å². The molecule has 0 saturated carbocycles. The molecule has 0 aliphatic heterocycles. The largest absolute Gasteiger partial charge is 0.416 e. The molecule has 54 heavy (non-hydrogen) atoms. The van der Waals surface area contributed by atoms with E-state index in [1.54, 1.807) is 24.3 Å². The first-order chi connectivity index (χ1) is 25.1. The summed E-state index contributed by atoms with van der Waals surface area (Å²) in [5.41, 5.74) is -9.95. The molecule has 0 radical (unpaired) electrons. The molecule has 2 aliphatic carbocycles. The second kappa shape index (κ2) is 12.4. The number of fused-ring (bicyclic) bond motifs is 4. The van der Waals surface area contributed by atoms with E-state index < -0.39 is 69.2 Å². The van der Waals surface area contributed by atoms with Crippen molar-refractivity contribution in [2.24, 2.45) is 0 Å². The van der Waals surface area contributed by atoms with Gasteiger partial charge >= 0.3 is 24.7 Å². The third-order valence-electron chi connectivity index (χ3n) is 8.66. The zero-order valence-corrected chi connectivity index (χ0v) is 26.3. The first-order valence-electron chi connectivity index (χ1n) is 14.9.